The van der Waals surface area contributed by atoms with Gasteiger partial charge in [0.25, 0.3) is 5.91 Å². The van der Waals surface area contributed by atoms with Gasteiger partial charge in [0, 0.05) is 17.7 Å². The van der Waals surface area contributed by atoms with Gasteiger partial charge in [0.05, 0.1) is 15.7 Å². The van der Waals surface area contributed by atoms with Crippen LogP contribution in [0.1, 0.15) is 41.3 Å². The van der Waals surface area contributed by atoms with Crippen LogP contribution in [0.25, 0.3) is 10.2 Å². The van der Waals surface area contributed by atoms with E-state index in [1.165, 1.54) is 11.3 Å². The first-order valence-electron chi connectivity index (χ1n) is 8.06. The predicted octanol–water partition coefficient (Wildman–Crippen LogP) is 4.71. The third-order valence-corrected chi connectivity index (χ3v) is 4.78. The third-order valence-electron chi connectivity index (χ3n) is 3.99. The van der Waals surface area contributed by atoms with Crippen LogP contribution >= 0.6 is 11.3 Å². The van der Waals surface area contributed by atoms with Crippen LogP contribution in [0.2, 0.25) is 0 Å². The Labute approximate surface area is 144 Å². The van der Waals surface area contributed by atoms with Crippen molar-refractivity contribution >= 4 is 27.5 Å². The molecule has 0 aliphatic heterocycles. The standard InChI is InChI=1S/C19H19FN2OS/c1-2-3-5-13-6-4-7-15(18(13)20)11-21-19(23)14-8-9-16-17(10-14)24-12-22-16/h4,6-10,12H,2-3,5,11H2,1H3,(H,21,23). The molecule has 124 valence electrons. The van der Waals surface area contributed by atoms with E-state index in [0.29, 0.717) is 11.1 Å². The molecule has 24 heavy (non-hydrogen) atoms. The summed E-state index contributed by atoms with van der Waals surface area (Å²) in [5.74, 6) is -0.409. The summed E-state index contributed by atoms with van der Waals surface area (Å²) in [4.78, 5) is 16.5. The second kappa shape index (κ2) is 7.53. The Kier molecular flexibility index (Phi) is 5.20. The van der Waals surface area contributed by atoms with Crippen molar-refractivity contribution in [2.45, 2.75) is 32.7 Å². The van der Waals surface area contributed by atoms with Crippen LogP contribution in [0, 0.1) is 5.82 Å². The summed E-state index contributed by atoms with van der Waals surface area (Å²) < 4.78 is 15.4. The maximum atomic E-state index is 14.5. The maximum Gasteiger partial charge on any atom is 0.251 e. The second-order valence-electron chi connectivity index (χ2n) is 5.71. The van der Waals surface area contributed by atoms with Crippen LogP contribution < -0.4 is 5.32 Å². The van der Waals surface area contributed by atoms with Crippen molar-refractivity contribution in [2.24, 2.45) is 0 Å². The first-order valence-corrected chi connectivity index (χ1v) is 8.94. The molecule has 0 unspecified atom stereocenters. The quantitative estimate of drug-likeness (QED) is 0.705. The number of amides is 1. The number of nitrogens with one attached hydrogen (secondary N) is 1. The summed E-state index contributed by atoms with van der Waals surface area (Å²) in [5.41, 5.74) is 4.44. The zero-order chi connectivity index (χ0) is 16.9. The SMILES string of the molecule is CCCCc1cccc(CNC(=O)c2ccc3ncsc3c2)c1F. The average molecular weight is 342 g/mol. The van der Waals surface area contributed by atoms with Crippen LogP contribution in [0.3, 0.4) is 0 Å². The van der Waals surface area contributed by atoms with Gasteiger partial charge in [0.15, 0.2) is 0 Å². The molecular weight excluding hydrogens is 323 g/mol. The van der Waals surface area contributed by atoms with E-state index >= 15 is 0 Å². The lowest BCUT2D eigenvalue weighted by Gasteiger charge is -2.09. The smallest absolute Gasteiger partial charge is 0.251 e. The van der Waals surface area contributed by atoms with Gasteiger partial charge in [0.1, 0.15) is 5.82 Å². The molecule has 5 heteroatoms. The predicted molar refractivity (Wildman–Crippen MR) is 95.8 cm³/mol. The van der Waals surface area contributed by atoms with Gasteiger partial charge < -0.3 is 5.32 Å². The maximum absolute atomic E-state index is 14.5. The van der Waals surface area contributed by atoms with Gasteiger partial charge in [-0.1, -0.05) is 31.5 Å². The molecule has 0 spiro atoms. The third kappa shape index (κ3) is 3.62. The van der Waals surface area contributed by atoms with Gasteiger partial charge in [-0.2, -0.15) is 0 Å². The van der Waals surface area contributed by atoms with Crippen LogP contribution in [0.15, 0.2) is 41.9 Å². The van der Waals surface area contributed by atoms with Gasteiger partial charge in [-0.3, -0.25) is 4.79 Å². The molecule has 1 heterocycles. The molecule has 0 bridgehead atoms. The summed E-state index contributed by atoms with van der Waals surface area (Å²) in [5, 5.41) is 2.80. The van der Waals surface area contributed by atoms with Gasteiger partial charge in [-0.25, -0.2) is 9.37 Å². The Hall–Kier alpha value is -2.27. The molecule has 3 aromatic rings. The molecule has 1 N–H and O–H groups in total. The number of benzene rings is 2. The van der Waals surface area contributed by atoms with E-state index in [-0.39, 0.29) is 18.3 Å². The van der Waals surface area contributed by atoms with E-state index in [1.807, 2.05) is 24.3 Å². The molecule has 3 nitrogen and oxygen atoms in total. The number of rotatable bonds is 6. The summed E-state index contributed by atoms with van der Waals surface area (Å²) in [7, 11) is 0. The minimum atomic E-state index is -0.205. The number of aromatic nitrogens is 1. The van der Waals surface area contributed by atoms with Crippen molar-refractivity contribution in [1.82, 2.24) is 10.3 Å². The minimum absolute atomic E-state index is 0.186. The van der Waals surface area contributed by atoms with Crippen molar-refractivity contribution in [1.29, 1.82) is 0 Å². The van der Waals surface area contributed by atoms with E-state index < -0.39 is 0 Å². The van der Waals surface area contributed by atoms with Crippen molar-refractivity contribution in [2.75, 3.05) is 0 Å². The van der Waals surface area contributed by atoms with E-state index in [9.17, 15) is 9.18 Å². The first-order chi connectivity index (χ1) is 11.7. The van der Waals surface area contributed by atoms with Crippen LogP contribution in [0.5, 0.6) is 0 Å². The normalized spacial score (nSPS) is 10.9. The summed E-state index contributed by atoms with van der Waals surface area (Å²) in [6.07, 6.45) is 2.72. The highest BCUT2D eigenvalue weighted by atomic mass is 32.1. The molecule has 0 aliphatic rings. The molecule has 0 atom stereocenters. The molecule has 3 rings (SSSR count). The molecule has 0 fully saturated rings. The number of unbranched alkanes of at least 4 members (excludes halogenated alkanes) is 1. The van der Waals surface area contributed by atoms with Gasteiger partial charge in [-0.15, -0.1) is 11.3 Å². The van der Waals surface area contributed by atoms with Crippen LogP contribution in [-0.4, -0.2) is 10.9 Å². The largest absolute Gasteiger partial charge is 0.348 e. The molecule has 2 aromatic carbocycles. The number of thiazole rings is 1. The number of halogens is 1. The van der Waals surface area contributed by atoms with Crippen molar-refractivity contribution in [3.8, 4) is 0 Å². The monoisotopic (exact) mass is 342 g/mol. The lowest BCUT2D eigenvalue weighted by atomic mass is 10.0. The Morgan fingerprint density at radius 1 is 1.25 bits per heavy atom. The first kappa shape index (κ1) is 16.6. The Bertz CT molecular complexity index is 859. The molecule has 1 amide bonds. The average Bonchev–Trinajstić information content (AvgIpc) is 3.07. The molecule has 1 aromatic heterocycles. The minimum Gasteiger partial charge on any atom is -0.348 e. The van der Waals surface area contributed by atoms with E-state index in [2.05, 4.69) is 17.2 Å². The highest BCUT2D eigenvalue weighted by Crippen LogP contribution is 2.19. The van der Waals surface area contributed by atoms with E-state index in [1.54, 1.807) is 17.6 Å². The fraction of sp³-hybridized carbons (Fsp3) is 0.263. The number of carbonyl (C=O) groups excluding carboxylic acids is 1. The summed E-state index contributed by atoms with van der Waals surface area (Å²) >= 11 is 1.49. The van der Waals surface area contributed by atoms with Crippen molar-refractivity contribution in [3.05, 3.63) is 64.4 Å². The zero-order valence-corrected chi connectivity index (χ0v) is 14.3. The summed E-state index contributed by atoms with van der Waals surface area (Å²) in [6.45, 7) is 2.27. The van der Waals surface area contributed by atoms with Gasteiger partial charge >= 0.3 is 0 Å². The fourth-order valence-corrected chi connectivity index (χ4v) is 3.32. The van der Waals surface area contributed by atoms with E-state index in [4.69, 9.17) is 0 Å². The van der Waals surface area contributed by atoms with E-state index in [0.717, 1.165) is 35.0 Å². The Morgan fingerprint density at radius 3 is 2.92 bits per heavy atom. The molecule has 0 aliphatic carbocycles. The lowest BCUT2D eigenvalue weighted by Crippen LogP contribution is -2.23. The van der Waals surface area contributed by atoms with Crippen LogP contribution in [-0.2, 0) is 13.0 Å². The summed E-state index contributed by atoms with van der Waals surface area (Å²) in [6, 6.07) is 10.8. The Balaban J connectivity index is 1.69. The van der Waals surface area contributed by atoms with Gasteiger partial charge in [0.2, 0.25) is 0 Å². The van der Waals surface area contributed by atoms with Crippen molar-refractivity contribution in [3.63, 3.8) is 0 Å². The number of fused-ring (bicyclic) bond motifs is 1. The molecular formula is C19H19FN2OS. The Morgan fingerprint density at radius 2 is 2.08 bits per heavy atom. The molecule has 0 saturated carbocycles. The number of carbonyl (C=O) groups is 1. The number of aryl methyl sites for hydroxylation is 1. The number of hydrogen-bond donors (Lipinski definition) is 1. The second-order valence-corrected chi connectivity index (χ2v) is 6.60. The number of nitrogens with zero attached hydrogens (tertiary/aromatic N) is 1. The topological polar surface area (TPSA) is 42.0 Å². The fourth-order valence-electron chi connectivity index (χ4n) is 2.60. The van der Waals surface area contributed by atoms with Gasteiger partial charge in [-0.05, 0) is 36.6 Å². The zero-order valence-electron chi connectivity index (χ0n) is 13.5. The van der Waals surface area contributed by atoms with Crippen LogP contribution in [0.4, 0.5) is 4.39 Å². The highest BCUT2D eigenvalue weighted by molar-refractivity contribution is 7.16. The molecule has 0 saturated heterocycles. The highest BCUT2D eigenvalue weighted by Gasteiger charge is 2.11. The molecule has 0 radical (unpaired) electrons. The lowest BCUT2D eigenvalue weighted by molar-refractivity contribution is 0.0950. The van der Waals surface area contributed by atoms with Crippen molar-refractivity contribution < 1.29 is 9.18 Å². The number of hydrogen-bond acceptors (Lipinski definition) is 3.